The van der Waals surface area contributed by atoms with Crippen molar-refractivity contribution in [3.8, 4) is 0 Å². The van der Waals surface area contributed by atoms with Crippen molar-refractivity contribution in [2.24, 2.45) is 0 Å². The molecule has 1 unspecified atom stereocenters. The topological polar surface area (TPSA) is 67.5 Å². The highest BCUT2D eigenvalue weighted by Gasteiger charge is 2.53. The number of hydrogen-bond donors (Lipinski definition) is 1. The molecule has 1 aliphatic heterocycles. The van der Waals surface area contributed by atoms with Crippen molar-refractivity contribution >= 4 is 38.8 Å². The molecule has 6 rings (SSSR count). The second-order valence-electron chi connectivity index (χ2n) is 10.5. The van der Waals surface area contributed by atoms with Crippen LogP contribution in [0.4, 0.5) is 0 Å². The number of benzene rings is 2. The van der Waals surface area contributed by atoms with Crippen molar-refractivity contribution in [1.29, 1.82) is 0 Å². The summed E-state index contributed by atoms with van der Waals surface area (Å²) in [6.45, 7) is 0.601. The number of furan rings is 1. The number of carbonyl (C=O) groups excluding carboxylic acids is 2. The second-order valence-corrected chi connectivity index (χ2v) is 11.4. The van der Waals surface area contributed by atoms with Crippen LogP contribution in [-0.2, 0) is 23.4 Å². The Kier molecular flexibility index (Phi) is 6.87. The molecule has 0 saturated heterocycles. The van der Waals surface area contributed by atoms with Crippen LogP contribution in [0, 0.1) is 0 Å². The van der Waals surface area contributed by atoms with Gasteiger partial charge in [0.2, 0.25) is 0 Å². The van der Waals surface area contributed by atoms with E-state index in [2.05, 4.69) is 21.2 Å². The van der Waals surface area contributed by atoms with Crippen LogP contribution < -0.4 is 5.32 Å². The molecule has 7 heteroatoms. The molecule has 196 valence electrons. The van der Waals surface area contributed by atoms with Gasteiger partial charge in [-0.15, -0.1) is 0 Å². The first-order valence-corrected chi connectivity index (χ1v) is 14.4. The summed E-state index contributed by atoms with van der Waals surface area (Å²) in [7, 11) is 0. The van der Waals surface area contributed by atoms with Crippen LogP contribution in [0.1, 0.15) is 66.6 Å². The molecule has 38 heavy (non-hydrogen) atoms. The van der Waals surface area contributed by atoms with E-state index in [1.165, 1.54) is 19.3 Å². The predicted octanol–water partition coefficient (Wildman–Crippen LogP) is 6.78. The molecule has 3 heterocycles. The van der Waals surface area contributed by atoms with Gasteiger partial charge in [-0.3, -0.25) is 9.59 Å². The number of halogens is 1. The first-order chi connectivity index (χ1) is 18.6. The molecule has 0 radical (unpaired) electrons. The van der Waals surface area contributed by atoms with Crippen molar-refractivity contribution < 1.29 is 14.0 Å². The minimum absolute atomic E-state index is 0.101. The van der Waals surface area contributed by atoms with Crippen molar-refractivity contribution in [2.75, 3.05) is 0 Å². The summed E-state index contributed by atoms with van der Waals surface area (Å²) in [6, 6.07) is 21.4. The van der Waals surface area contributed by atoms with Crippen LogP contribution in [0.15, 0.2) is 81.9 Å². The Balaban J connectivity index is 1.50. The molecular formula is C31H32BrN3O3. The molecule has 4 aromatic rings. The summed E-state index contributed by atoms with van der Waals surface area (Å²) in [5.74, 6) is -0.305. The molecule has 0 spiro atoms. The molecule has 1 atom stereocenters. The highest BCUT2D eigenvalue weighted by molar-refractivity contribution is 9.10. The summed E-state index contributed by atoms with van der Waals surface area (Å²) in [5.41, 5.74) is 2.54. The van der Waals surface area contributed by atoms with Gasteiger partial charge in [-0.05, 0) is 30.0 Å². The Morgan fingerprint density at radius 1 is 0.974 bits per heavy atom. The van der Waals surface area contributed by atoms with Gasteiger partial charge < -0.3 is 19.2 Å². The minimum Gasteiger partial charge on any atom is -0.463 e. The summed E-state index contributed by atoms with van der Waals surface area (Å²) in [6.07, 6.45) is 9.46. The predicted molar refractivity (Wildman–Crippen MR) is 151 cm³/mol. The van der Waals surface area contributed by atoms with E-state index in [9.17, 15) is 9.59 Å². The minimum atomic E-state index is -1.23. The van der Waals surface area contributed by atoms with E-state index in [1.807, 2.05) is 65.2 Å². The highest BCUT2D eigenvalue weighted by Crippen LogP contribution is 2.41. The monoisotopic (exact) mass is 573 g/mol. The van der Waals surface area contributed by atoms with Gasteiger partial charge >= 0.3 is 0 Å². The average molecular weight is 575 g/mol. The molecule has 0 bridgehead atoms. The van der Waals surface area contributed by atoms with Gasteiger partial charge in [-0.25, -0.2) is 0 Å². The third-order valence-electron chi connectivity index (χ3n) is 8.19. The molecule has 2 amide bonds. The first kappa shape index (κ1) is 25.0. The molecular weight excluding hydrogens is 542 g/mol. The van der Waals surface area contributed by atoms with Crippen LogP contribution in [0.2, 0.25) is 0 Å². The largest absolute Gasteiger partial charge is 0.463 e. The fraction of sp³-hybridized carbons (Fsp3) is 0.355. The van der Waals surface area contributed by atoms with Gasteiger partial charge in [-0.2, -0.15) is 0 Å². The number of fused-ring (bicyclic) bond motifs is 3. The normalized spacial score (nSPS) is 20.7. The maximum atomic E-state index is 14.7. The lowest BCUT2D eigenvalue weighted by Crippen LogP contribution is -2.64. The van der Waals surface area contributed by atoms with Crippen molar-refractivity contribution in [1.82, 2.24) is 14.8 Å². The zero-order valence-electron chi connectivity index (χ0n) is 21.4. The zero-order valence-corrected chi connectivity index (χ0v) is 23.0. The van der Waals surface area contributed by atoms with Crippen LogP contribution in [0.5, 0.6) is 0 Å². The van der Waals surface area contributed by atoms with E-state index in [1.54, 1.807) is 17.2 Å². The van der Waals surface area contributed by atoms with Crippen LogP contribution >= 0.6 is 15.9 Å². The first-order valence-electron chi connectivity index (χ1n) is 13.6. The fourth-order valence-electron chi connectivity index (χ4n) is 6.15. The number of rotatable bonds is 5. The maximum absolute atomic E-state index is 14.7. The van der Waals surface area contributed by atoms with Gasteiger partial charge in [0.1, 0.15) is 5.69 Å². The molecule has 1 saturated carbocycles. The number of carbonyl (C=O) groups is 2. The number of aromatic nitrogens is 1. The van der Waals surface area contributed by atoms with E-state index in [0.29, 0.717) is 24.4 Å². The van der Waals surface area contributed by atoms with E-state index in [-0.39, 0.29) is 17.9 Å². The van der Waals surface area contributed by atoms with Gasteiger partial charge in [-0.1, -0.05) is 96.6 Å². The third-order valence-corrected chi connectivity index (χ3v) is 8.96. The van der Waals surface area contributed by atoms with E-state index >= 15 is 0 Å². The lowest BCUT2D eigenvalue weighted by molar-refractivity contribution is -0.136. The highest BCUT2D eigenvalue weighted by atomic mass is 79.9. The Hall–Kier alpha value is -3.32. The Bertz CT molecular complexity index is 1450. The molecule has 2 aliphatic rings. The van der Waals surface area contributed by atoms with E-state index in [0.717, 1.165) is 46.8 Å². The smallest absolute Gasteiger partial charge is 0.272 e. The van der Waals surface area contributed by atoms with Crippen molar-refractivity contribution in [3.05, 3.63) is 94.3 Å². The Morgan fingerprint density at radius 2 is 1.68 bits per heavy atom. The second kappa shape index (κ2) is 10.4. The molecule has 1 aliphatic carbocycles. The molecule has 1 fully saturated rings. The average Bonchev–Trinajstić information content (AvgIpc) is 3.51. The Labute approximate surface area is 231 Å². The number of nitrogens with one attached hydrogen (secondary N) is 1. The maximum Gasteiger partial charge on any atom is 0.272 e. The van der Waals surface area contributed by atoms with Crippen molar-refractivity contribution in [2.45, 2.75) is 69.6 Å². The molecule has 6 nitrogen and oxygen atoms in total. The lowest BCUT2D eigenvalue weighted by atomic mass is 9.83. The van der Waals surface area contributed by atoms with Crippen LogP contribution in [0.3, 0.4) is 0 Å². The Morgan fingerprint density at radius 3 is 2.45 bits per heavy atom. The lowest BCUT2D eigenvalue weighted by Gasteiger charge is -2.47. The summed E-state index contributed by atoms with van der Waals surface area (Å²) in [4.78, 5) is 30.8. The van der Waals surface area contributed by atoms with Gasteiger partial charge in [0.25, 0.3) is 11.8 Å². The van der Waals surface area contributed by atoms with Crippen molar-refractivity contribution in [3.63, 3.8) is 0 Å². The quantitative estimate of drug-likeness (QED) is 0.286. The summed E-state index contributed by atoms with van der Waals surface area (Å²) < 4.78 is 8.54. The molecule has 2 aromatic carbocycles. The van der Waals surface area contributed by atoms with Gasteiger partial charge in [0, 0.05) is 29.2 Å². The molecule has 1 N–H and O–H groups in total. The number of amides is 2. The van der Waals surface area contributed by atoms with E-state index in [4.69, 9.17) is 4.42 Å². The number of hydrogen-bond acceptors (Lipinski definition) is 3. The summed E-state index contributed by atoms with van der Waals surface area (Å²) in [5, 5.41) is 3.43. The van der Waals surface area contributed by atoms with Gasteiger partial charge in [0.15, 0.2) is 11.1 Å². The fourth-order valence-corrected chi connectivity index (χ4v) is 6.56. The molecule has 2 aromatic heterocycles. The zero-order chi connectivity index (χ0) is 26.1. The standard InChI is InChI=1S/C31H32BrN3O3/c32-25-16-10-9-11-22(25)20-35-29(36)27-19-28-26(17-18-38-28)34(27)21-31(35,23-12-5-4-6-13-23)30(37)33-24-14-7-2-1-3-8-15-24/h4-6,9-13,16-19,24H,1-3,7-8,14-15,20-21H2,(H,33,37). The van der Waals surface area contributed by atoms with Crippen LogP contribution in [-0.4, -0.2) is 27.3 Å². The van der Waals surface area contributed by atoms with Gasteiger partial charge in [0.05, 0.1) is 18.3 Å². The SMILES string of the molecule is O=C1c2cc3occc3n2CC(C(=O)NC2CCCCCCC2)(c2ccccc2)N1Cc1ccccc1Br. The number of nitrogens with zero attached hydrogens (tertiary/aromatic N) is 2. The van der Waals surface area contributed by atoms with Crippen LogP contribution in [0.25, 0.3) is 11.1 Å². The van der Waals surface area contributed by atoms with E-state index < -0.39 is 5.54 Å². The summed E-state index contributed by atoms with van der Waals surface area (Å²) >= 11 is 3.66. The third kappa shape index (κ3) is 4.37.